The predicted octanol–water partition coefficient (Wildman–Crippen LogP) is 6.15. The minimum Gasteiger partial charge on any atom is -0.494 e. The van der Waals surface area contributed by atoms with Crippen molar-refractivity contribution in [1.29, 1.82) is 0 Å². The molecule has 0 spiro atoms. The molecule has 0 aliphatic carbocycles. The second kappa shape index (κ2) is 12.0. The van der Waals surface area contributed by atoms with E-state index in [1.165, 1.54) is 12.7 Å². The Bertz CT molecular complexity index is 1060. The van der Waals surface area contributed by atoms with Crippen molar-refractivity contribution in [2.75, 3.05) is 27.4 Å². The Morgan fingerprint density at radius 3 is 2.38 bits per heavy atom. The SMILES string of the molecule is COCCCn1c(-c2ccc(C(C)(C)C)cc2)nc2ccc(OCCCCCC(=O)OC)cc21. The van der Waals surface area contributed by atoms with Crippen LogP contribution in [0.15, 0.2) is 42.5 Å². The summed E-state index contributed by atoms with van der Waals surface area (Å²) in [4.78, 5) is 16.2. The first-order valence-electron chi connectivity index (χ1n) is 12.1. The number of methoxy groups -OCH3 is 2. The number of carbonyl (C=O) groups is 1. The lowest BCUT2D eigenvalue weighted by molar-refractivity contribution is -0.140. The molecular formula is C28H38N2O4. The van der Waals surface area contributed by atoms with Crippen molar-refractivity contribution in [3.63, 3.8) is 0 Å². The fourth-order valence-corrected chi connectivity index (χ4v) is 3.97. The summed E-state index contributed by atoms with van der Waals surface area (Å²) in [5, 5.41) is 0. The number of imidazole rings is 1. The van der Waals surface area contributed by atoms with E-state index in [9.17, 15) is 4.79 Å². The van der Waals surface area contributed by atoms with Gasteiger partial charge in [-0.1, -0.05) is 45.0 Å². The van der Waals surface area contributed by atoms with E-state index in [4.69, 9.17) is 14.5 Å². The van der Waals surface area contributed by atoms with Gasteiger partial charge >= 0.3 is 5.97 Å². The zero-order valence-corrected chi connectivity index (χ0v) is 21.2. The van der Waals surface area contributed by atoms with Crippen LogP contribution in [0.25, 0.3) is 22.4 Å². The Kier molecular flexibility index (Phi) is 9.11. The number of benzene rings is 2. The number of rotatable bonds is 12. The van der Waals surface area contributed by atoms with Gasteiger partial charge in [0.25, 0.3) is 0 Å². The molecule has 0 unspecified atom stereocenters. The van der Waals surface area contributed by atoms with E-state index in [1.807, 2.05) is 12.1 Å². The summed E-state index contributed by atoms with van der Waals surface area (Å²) in [7, 11) is 3.16. The van der Waals surface area contributed by atoms with Gasteiger partial charge in [-0.05, 0) is 48.8 Å². The van der Waals surface area contributed by atoms with E-state index in [0.29, 0.717) is 19.6 Å². The van der Waals surface area contributed by atoms with Gasteiger partial charge in [0, 0.05) is 38.3 Å². The maximum absolute atomic E-state index is 11.2. The maximum Gasteiger partial charge on any atom is 0.305 e. The van der Waals surface area contributed by atoms with Gasteiger partial charge in [0.2, 0.25) is 0 Å². The standard InChI is InChI=1S/C28H38N2O4/c1-28(2,3)22-13-11-21(12-14-22)27-29-24-16-15-23(20-25(24)30(27)17-9-18-32-4)34-19-8-6-7-10-26(31)33-5/h11-16,20H,6-10,17-19H2,1-5H3. The molecule has 3 aromatic rings. The summed E-state index contributed by atoms with van der Waals surface area (Å²) in [5.41, 5.74) is 4.55. The molecule has 0 saturated carbocycles. The van der Waals surface area contributed by atoms with Gasteiger partial charge in [-0.25, -0.2) is 4.98 Å². The number of aryl methyl sites for hydroxylation is 1. The quantitative estimate of drug-likeness (QED) is 0.237. The average Bonchev–Trinajstić information content (AvgIpc) is 3.18. The number of unbranched alkanes of at least 4 members (excludes halogenated alkanes) is 2. The second-order valence-corrected chi connectivity index (χ2v) is 9.65. The van der Waals surface area contributed by atoms with Gasteiger partial charge in [0.1, 0.15) is 11.6 Å². The summed E-state index contributed by atoms with van der Waals surface area (Å²) in [6, 6.07) is 14.8. The number of hydrogen-bond donors (Lipinski definition) is 0. The van der Waals surface area contributed by atoms with Crippen LogP contribution in [-0.2, 0) is 26.2 Å². The predicted molar refractivity (Wildman–Crippen MR) is 136 cm³/mol. The molecule has 34 heavy (non-hydrogen) atoms. The zero-order valence-electron chi connectivity index (χ0n) is 21.2. The largest absolute Gasteiger partial charge is 0.494 e. The van der Waals surface area contributed by atoms with Crippen LogP contribution in [0.1, 0.15) is 58.4 Å². The fourth-order valence-electron chi connectivity index (χ4n) is 3.97. The molecule has 0 N–H and O–H groups in total. The lowest BCUT2D eigenvalue weighted by Crippen LogP contribution is -2.10. The smallest absolute Gasteiger partial charge is 0.305 e. The summed E-state index contributed by atoms with van der Waals surface area (Å²) in [5.74, 6) is 1.64. The number of nitrogens with zero attached hydrogens (tertiary/aromatic N) is 2. The summed E-state index contributed by atoms with van der Waals surface area (Å²) >= 11 is 0. The molecule has 6 nitrogen and oxygen atoms in total. The molecule has 0 atom stereocenters. The van der Waals surface area contributed by atoms with Crippen LogP contribution in [-0.4, -0.2) is 43.0 Å². The molecule has 0 amide bonds. The molecule has 3 rings (SSSR count). The average molecular weight is 467 g/mol. The monoisotopic (exact) mass is 466 g/mol. The van der Waals surface area contributed by atoms with E-state index >= 15 is 0 Å². The first-order valence-corrected chi connectivity index (χ1v) is 12.1. The number of hydrogen-bond acceptors (Lipinski definition) is 5. The minimum absolute atomic E-state index is 0.114. The highest BCUT2D eigenvalue weighted by molar-refractivity contribution is 5.82. The van der Waals surface area contributed by atoms with Crippen LogP contribution in [0.2, 0.25) is 0 Å². The molecule has 0 fully saturated rings. The van der Waals surface area contributed by atoms with Crippen LogP contribution < -0.4 is 4.74 Å². The summed E-state index contributed by atoms with van der Waals surface area (Å²) in [6.45, 7) is 8.81. The van der Waals surface area contributed by atoms with Crippen molar-refractivity contribution < 1.29 is 19.0 Å². The van der Waals surface area contributed by atoms with Gasteiger partial charge in [-0.15, -0.1) is 0 Å². The van der Waals surface area contributed by atoms with E-state index < -0.39 is 0 Å². The van der Waals surface area contributed by atoms with Crippen LogP contribution in [0, 0.1) is 0 Å². The third-order valence-electron chi connectivity index (χ3n) is 5.98. The molecule has 6 heteroatoms. The first kappa shape index (κ1) is 25.8. The molecule has 0 bridgehead atoms. The molecule has 0 aliphatic heterocycles. The normalized spacial score (nSPS) is 11.7. The van der Waals surface area contributed by atoms with E-state index in [0.717, 1.165) is 60.4 Å². The number of fused-ring (bicyclic) bond motifs is 1. The lowest BCUT2D eigenvalue weighted by Gasteiger charge is -2.19. The Morgan fingerprint density at radius 2 is 1.71 bits per heavy atom. The second-order valence-electron chi connectivity index (χ2n) is 9.65. The van der Waals surface area contributed by atoms with Crippen LogP contribution in [0.4, 0.5) is 0 Å². The van der Waals surface area contributed by atoms with Gasteiger partial charge in [0.15, 0.2) is 0 Å². The summed E-state index contributed by atoms with van der Waals surface area (Å²) in [6.07, 6.45) is 4.01. The lowest BCUT2D eigenvalue weighted by atomic mass is 9.87. The fraction of sp³-hybridized carbons (Fsp3) is 0.500. The van der Waals surface area contributed by atoms with Crippen molar-refractivity contribution in [2.24, 2.45) is 0 Å². The Hall–Kier alpha value is -2.86. The van der Waals surface area contributed by atoms with Gasteiger partial charge in [0.05, 0.1) is 24.8 Å². The molecule has 2 aromatic carbocycles. The third kappa shape index (κ3) is 6.83. The number of ether oxygens (including phenoxy) is 3. The van der Waals surface area contributed by atoms with Gasteiger partial charge in [-0.2, -0.15) is 0 Å². The number of esters is 1. The first-order chi connectivity index (χ1) is 16.3. The molecular weight excluding hydrogens is 428 g/mol. The Balaban J connectivity index is 1.77. The highest BCUT2D eigenvalue weighted by atomic mass is 16.5. The van der Waals surface area contributed by atoms with Gasteiger partial charge in [-0.3, -0.25) is 4.79 Å². The van der Waals surface area contributed by atoms with Crippen molar-refractivity contribution in [3.05, 3.63) is 48.0 Å². The molecule has 1 heterocycles. The molecule has 184 valence electrons. The van der Waals surface area contributed by atoms with Crippen LogP contribution >= 0.6 is 0 Å². The third-order valence-corrected chi connectivity index (χ3v) is 5.98. The van der Waals surface area contributed by atoms with E-state index in [-0.39, 0.29) is 11.4 Å². The van der Waals surface area contributed by atoms with Crippen molar-refractivity contribution in [3.8, 4) is 17.1 Å². The Morgan fingerprint density at radius 1 is 0.941 bits per heavy atom. The van der Waals surface area contributed by atoms with Crippen molar-refractivity contribution >= 4 is 17.0 Å². The zero-order chi connectivity index (χ0) is 24.6. The highest BCUT2D eigenvalue weighted by Crippen LogP contribution is 2.30. The van der Waals surface area contributed by atoms with Crippen LogP contribution in [0.5, 0.6) is 5.75 Å². The number of carbonyl (C=O) groups excluding carboxylic acids is 1. The summed E-state index contributed by atoms with van der Waals surface area (Å²) < 4.78 is 18.3. The van der Waals surface area contributed by atoms with Crippen LogP contribution in [0.3, 0.4) is 0 Å². The van der Waals surface area contributed by atoms with E-state index in [2.05, 4.69) is 60.4 Å². The molecule has 0 radical (unpaired) electrons. The minimum atomic E-state index is -0.156. The highest BCUT2D eigenvalue weighted by Gasteiger charge is 2.16. The molecule has 1 aromatic heterocycles. The topological polar surface area (TPSA) is 62.6 Å². The Labute approximate surface area is 203 Å². The maximum atomic E-state index is 11.2. The molecule has 0 aliphatic rings. The molecule has 0 saturated heterocycles. The van der Waals surface area contributed by atoms with Crippen molar-refractivity contribution in [2.45, 2.75) is 64.8 Å². The van der Waals surface area contributed by atoms with Gasteiger partial charge < -0.3 is 18.8 Å². The van der Waals surface area contributed by atoms with Crippen molar-refractivity contribution in [1.82, 2.24) is 9.55 Å². The number of aromatic nitrogens is 2. The van der Waals surface area contributed by atoms with E-state index in [1.54, 1.807) is 7.11 Å².